The van der Waals surface area contributed by atoms with Crippen molar-refractivity contribution in [1.29, 1.82) is 0 Å². The van der Waals surface area contributed by atoms with Crippen molar-refractivity contribution in [2.24, 2.45) is 0 Å². The van der Waals surface area contributed by atoms with E-state index in [1.165, 1.54) is 24.5 Å². The molecule has 0 aromatic carbocycles. The highest BCUT2D eigenvalue weighted by Crippen LogP contribution is 1.93. The minimum Gasteiger partial charge on any atom is -0.466 e. The summed E-state index contributed by atoms with van der Waals surface area (Å²) < 4.78 is 6.19. The lowest BCUT2D eigenvalue weighted by Crippen LogP contribution is -2.17. The van der Waals surface area contributed by atoms with Gasteiger partial charge in [-0.2, -0.15) is 0 Å². The molecule has 0 bridgehead atoms. The first-order valence-corrected chi connectivity index (χ1v) is 4.95. The van der Waals surface area contributed by atoms with Crippen molar-refractivity contribution in [1.82, 2.24) is 4.57 Å². The molecule has 0 aliphatic rings. The molecule has 0 saturated heterocycles. The number of ether oxygens (including phenoxy) is 1. The summed E-state index contributed by atoms with van der Waals surface area (Å²) in [4.78, 5) is 33.2. The van der Waals surface area contributed by atoms with Gasteiger partial charge in [-0.1, -0.05) is 0 Å². The Kier molecular flexibility index (Phi) is 4.44. The van der Waals surface area contributed by atoms with Gasteiger partial charge in [0.05, 0.1) is 13.2 Å². The fourth-order valence-corrected chi connectivity index (χ4v) is 1.18. The number of aromatic nitrogens is 1. The second kappa shape index (κ2) is 5.85. The third-order valence-electron chi connectivity index (χ3n) is 1.87. The number of nitrogens with zero attached hydrogens (tertiary/aromatic N) is 1. The number of carbonyl (C=O) groups is 2. The zero-order chi connectivity index (χ0) is 12.0. The first-order chi connectivity index (χ1) is 7.61. The maximum atomic E-state index is 11.4. The van der Waals surface area contributed by atoms with Gasteiger partial charge in [0.1, 0.15) is 6.42 Å². The van der Waals surface area contributed by atoms with E-state index in [2.05, 4.69) is 4.74 Å². The van der Waals surface area contributed by atoms with Crippen molar-refractivity contribution in [3.63, 3.8) is 0 Å². The molecule has 0 aliphatic carbocycles. The molecule has 1 aromatic heterocycles. The Bertz CT molecular complexity index is 415. The predicted octanol–water partition coefficient (Wildman–Crippen LogP) is 0.371. The Morgan fingerprint density at radius 2 is 1.94 bits per heavy atom. The van der Waals surface area contributed by atoms with Crippen LogP contribution in [0.15, 0.2) is 29.3 Å². The highest BCUT2D eigenvalue weighted by molar-refractivity contribution is 5.95. The molecule has 0 N–H and O–H groups in total. The molecule has 1 rings (SSSR count). The number of carbonyl (C=O) groups excluding carboxylic acids is 2. The third-order valence-corrected chi connectivity index (χ3v) is 1.87. The second-order valence-electron chi connectivity index (χ2n) is 3.23. The standard InChI is InChI=1S/C11H13NO4/c1-2-16-11(15)7-10(14)8-12-5-3-9(13)4-6-12/h3-6H,2,7-8H2,1H3. The van der Waals surface area contributed by atoms with Gasteiger partial charge in [0, 0.05) is 24.5 Å². The van der Waals surface area contributed by atoms with E-state index in [1.807, 2.05) is 0 Å². The van der Waals surface area contributed by atoms with Gasteiger partial charge in [-0.3, -0.25) is 14.4 Å². The molecule has 0 fully saturated rings. The first kappa shape index (κ1) is 12.2. The van der Waals surface area contributed by atoms with Gasteiger partial charge in [-0.05, 0) is 6.92 Å². The number of hydrogen-bond acceptors (Lipinski definition) is 4. The van der Waals surface area contributed by atoms with E-state index in [1.54, 1.807) is 11.5 Å². The maximum Gasteiger partial charge on any atom is 0.313 e. The monoisotopic (exact) mass is 223 g/mol. The zero-order valence-electron chi connectivity index (χ0n) is 9.01. The van der Waals surface area contributed by atoms with Crippen LogP contribution in [0.3, 0.4) is 0 Å². The largest absolute Gasteiger partial charge is 0.466 e. The Labute approximate surface area is 92.6 Å². The van der Waals surface area contributed by atoms with E-state index >= 15 is 0 Å². The van der Waals surface area contributed by atoms with Crippen molar-refractivity contribution < 1.29 is 14.3 Å². The van der Waals surface area contributed by atoms with Crippen molar-refractivity contribution in [2.75, 3.05) is 6.61 Å². The van der Waals surface area contributed by atoms with Crippen LogP contribution in [0.4, 0.5) is 0 Å². The van der Waals surface area contributed by atoms with Crippen LogP contribution in [-0.2, 0) is 20.9 Å². The van der Waals surface area contributed by atoms with Crippen LogP contribution >= 0.6 is 0 Å². The van der Waals surface area contributed by atoms with Crippen molar-refractivity contribution in [2.45, 2.75) is 19.9 Å². The molecular weight excluding hydrogens is 210 g/mol. The average molecular weight is 223 g/mol. The molecule has 0 saturated carbocycles. The number of rotatable bonds is 5. The summed E-state index contributed by atoms with van der Waals surface area (Å²) >= 11 is 0. The normalized spacial score (nSPS) is 9.81. The molecule has 0 radical (unpaired) electrons. The zero-order valence-corrected chi connectivity index (χ0v) is 9.01. The predicted molar refractivity (Wildman–Crippen MR) is 57.0 cm³/mol. The van der Waals surface area contributed by atoms with Crippen molar-refractivity contribution in [3.8, 4) is 0 Å². The molecule has 5 heteroatoms. The van der Waals surface area contributed by atoms with E-state index in [4.69, 9.17) is 0 Å². The quantitative estimate of drug-likeness (QED) is 0.534. The fourth-order valence-electron chi connectivity index (χ4n) is 1.18. The summed E-state index contributed by atoms with van der Waals surface area (Å²) in [5.74, 6) is -0.768. The molecule has 0 spiro atoms. The molecule has 1 aromatic rings. The summed E-state index contributed by atoms with van der Waals surface area (Å²) in [7, 11) is 0. The summed E-state index contributed by atoms with van der Waals surface area (Å²) in [5, 5.41) is 0. The Morgan fingerprint density at radius 1 is 1.31 bits per heavy atom. The lowest BCUT2D eigenvalue weighted by Gasteiger charge is -2.04. The topological polar surface area (TPSA) is 65.4 Å². The second-order valence-corrected chi connectivity index (χ2v) is 3.23. The molecule has 0 amide bonds. The van der Waals surface area contributed by atoms with Crippen LogP contribution in [0.1, 0.15) is 13.3 Å². The number of hydrogen-bond donors (Lipinski definition) is 0. The van der Waals surface area contributed by atoms with Gasteiger partial charge in [-0.25, -0.2) is 0 Å². The van der Waals surface area contributed by atoms with Gasteiger partial charge in [-0.15, -0.1) is 0 Å². The van der Waals surface area contributed by atoms with E-state index in [-0.39, 0.29) is 30.8 Å². The molecule has 0 unspecified atom stereocenters. The number of Topliss-reactive ketones (excluding diaryl/α,β-unsaturated/α-hetero) is 1. The van der Waals surface area contributed by atoms with E-state index in [0.717, 1.165) is 0 Å². The molecule has 16 heavy (non-hydrogen) atoms. The average Bonchev–Trinajstić information content (AvgIpc) is 2.21. The highest BCUT2D eigenvalue weighted by atomic mass is 16.5. The van der Waals surface area contributed by atoms with Gasteiger partial charge in [0.15, 0.2) is 11.2 Å². The lowest BCUT2D eigenvalue weighted by molar-refractivity contribution is -0.145. The van der Waals surface area contributed by atoms with E-state index < -0.39 is 5.97 Å². The van der Waals surface area contributed by atoms with Gasteiger partial charge >= 0.3 is 5.97 Å². The van der Waals surface area contributed by atoms with Crippen LogP contribution in [0.25, 0.3) is 0 Å². The highest BCUT2D eigenvalue weighted by Gasteiger charge is 2.09. The SMILES string of the molecule is CCOC(=O)CC(=O)Cn1ccc(=O)cc1. The minimum atomic E-state index is -0.520. The maximum absolute atomic E-state index is 11.4. The first-order valence-electron chi connectivity index (χ1n) is 4.95. The molecular formula is C11H13NO4. The van der Waals surface area contributed by atoms with Crippen LogP contribution in [0, 0.1) is 0 Å². The van der Waals surface area contributed by atoms with Gasteiger partial charge in [0.25, 0.3) is 0 Å². The van der Waals surface area contributed by atoms with Crippen molar-refractivity contribution in [3.05, 3.63) is 34.7 Å². The Hall–Kier alpha value is -1.91. The molecule has 86 valence electrons. The molecule has 0 atom stereocenters. The third kappa shape index (κ3) is 4.08. The van der Waals surface area contributed by atoms with Crippen LogP contribution in [0.5, 0.6) is 0 Å². The molecule has 5 nitrogen and oxygen atoms in total. The molecule has 1 heterocycles. The summed E-state index contributed by atoms with van der Waals surface area (Å²) in [5.41, 5.74) is -0.117. The van der Waals surface area contributed by atoms with Crippen LogP contribution in [0.2, 0.25) is 0 Å². The van der Waals surface area contributed by atoms with Crippen LogP contribution in [-0.4, -0.2) is 22.9 Å². The van der Waals surface area contributed by atoms with Gasteiger partial charge < -0.3 is 9.30 Å². The van der Waals surface area contributed by atoms with Gasteiger partial charge in [0.2, 0.25) is 0 Å². The van der Waals surface area contributed by atoms with E-state index in [0.29, 0.717) is 0 Å². The lowest BCUT2D eigenvalue weighted by atomic mass is 10.3. The number of ketones is 1. The molecule has 0 aliphatic heterocycles. The minimum absolute atomic E-state index is 0.0685. The van der Waals surface area contributed by atoms with Crippen molar-refractivity contribution >= 4 is 11.8 Å². The summed E-state index contributed by atoms with van der Waals surface area (Å²) in [6.07, 6.45) is 2.77. The number of pyridine rings is 1. The number of esters is 1. The fraction of sp³-hybridized carbons (Fsp3) is 0.364. The summed E-state index contributed by atoms with van der Waals surface area (Å²) in [6, 6.07) is 2.72. The Morgan fingerprint density at radius 3 is 2.50 bits per heavy atom. The smallest absolute Gasteiger partial charge is 0.313 e. The Balaban J connectivity index is 2.48. The van der Waals surface area contributed by atoms with Crippen LogP contribution < -0.4 is 5.43 Å². The van der Waals surface area contributed by atoms with E-state index in [9.17, 15) is 14.4 Å². The summed E-state index contributed by atoms with van der Waals surface area (Å²) in [6.45, 7) is 2.02.